The van der Waals surface area contributed by atoms with Crippen LogP contribution in [0.1, 0.15) is 65.8 Å². The maximum atomic E-state index is 13.1. The van der Waals surface area contributed by atoms with Gasteiger partial charge in [0.25, 0.3) is 5.91 Å². The molecule has 150 valence electrons. The number of hydrogen-bond acceptors (Lipinski definition) is 5. The monoisotopic (exact) mass is 396 g/mol. The number of esters is 1. The van der Waals surface area contributed by atoms with E-state index < -0.39 is 16.0 Å². The van der Waals surface area contributed by atoms with Gasteiger partial charge in [0, 0.05) is 25.2 Å². The molecule has 0 aromatic heterocycles. The van der Waals surface area contributed by atoms with E-state index in [1.54, 1.807) is 11.0 Å². The van der Waals surface area contributed by atoms with Crippen LogP contribution >= 0.6 is 0 Å². The summed E-state index contributed by atoms with van der Waals surface area (Å²) < 4.78 is 29.8. The van der Waals surface area contributed by atoms with Crippen LogP contribution in [-0.2, 0) is 21.3 Å². The van der Waals surface area contributed by atoms with Crippen molar-refractivity contribution in [1.29, 1.82) is 0 Å². The van der Waals surface area contributed by atoms with Gasteiger partial charge in [0.05, 0.1) is 24.6 Å². The Kier molecular flexibility index (Phi) is 6.51. The summed E-state index contributed by atoms with van der Waals surface area (Å²) in [4.78, 5) is 27.2. The molecule has 1 amide bonds. The lowest BCUT2D eigenvalue weighted by atomic mass is 10.0. The summed E-state index contributed by atoms with van der Waals surface area (Å²) in [6.07, 6.45) is 4.76. The van der Waals surface area contributed by atoms with E-state index >= 15 is 0 Å². The highest BCUT2D eigenvalue weighted by Crippen LogP contribution is 2.34. The molecule has 1 aliphatic rings. The second-order valence-electron chi connectivity index (χ2n) is 6.91. The maximum Gasteiger partial charge on any atom is 0.338 e. The van der Waals surface area contributed by atoms with E-state index in [9.17, 15) is 18.0 Å². The molecule has 0 unspecified atom stereocenters. The number of benzene rings is 1. The van der Waals surface area contributed by atoms with E-state index in [-0.39, 0.29) is 23.2 Å². The number of hydrogen-bond donors (Lipinski definition) is 0. The Labute approximate surface area is 161 Å². The Hall–Kier alpha value is -2.09. The zero-order chi connectivity index (χ0) is 20.4. The molecule has 0 bridgehead atoms. The molecular formula is C19H28N2O5S. The molecule has 0 spiro atoms. The fourth-order valence-electron chi connectivity index (χ4n) is 3.50. The fourth-order valence-corrected chi connectivity index (χ4v) is 3.99. The first-order valence-electron chi connectivity index (χ1n) is 9.15. The summed E-state index contributed by atoms with van der Waals surface area (Å²) in [5.41, 5.74) is 1.49. The first-order valence-corrected chi connectivity index (χ1v) is 11.0. The predicted octanol–water partition coefficient (Wildman–Crippen LogP) is 2.79. The van der Waals surface area contributed by atoms with Gasteiger partial charge in [-0.25, -0.2) is 13.2 Å². The van der Waals surface area contributed by atoms with Gasteiger partial charge >= 0.3 is 5.97 Å². The number of methoxy groups -OCH3 is 1. The molecule has 1 aliphatic heterocycles. The van der Waals surface area contributed by atoms with Gasteiger partial charge in [0.2, 0.25) is 10.0 Å². The van der Waals surface area contributed by atoms with Crippen LogP contribution in [-0.4, -0.2) is 51.6 Å². The molecule has 1 heterocycles. The Balaban J connectivity index is 2.56. The van der Waals surface area contributed by atoms with E-state index in [0.29, 0.717) is 17.7 Å². The van der Waals surface area contributed by atoms with Crippen molar-refractivity contribution >= 4 is 27.6 Å². The summed E-state index contributed by atoms with van der Waals surface area (Å²) in [5.74, 6) is -0.738. The third-order valence-corrected chi connectivity index (χ3v) is 6.21. The van der Waals surface area contributed by atoms with Gasteiger partial charge in [-0.15, -0.1) is 0 Å². The predicted molar refractivity (Wildman–Crippen MR) is 105 cm³/mol. The number of sulfonamides is 1. The number of anilines is 1. The van der Waals surface area contributed by atoms with Crippen molar-refractivity contribution in [1.82, 2.24) is 4.90 Å². The standard InChI is InChI=1S/C19H28N2O5S/c1-6-8-13(9-7-2)21-12-17-15(18(21)22)10-14(20(3)27(5,24)25)11-16(17)19(23)26-4/h10-11,13H,6-9,12H2,1-5H3. The average molecular weight is 397 g/mol. The molecule has 0 atom stereocenters. The molecule has 2 rings (SSSR count). The van der Waals surface area contributed by atoms with Gasteiger partial charge in [-0.3, -0.25) is 9.10 Å². The second-order valence-corrected chi connectivity index (χ2v) is 8.92. The Morgan fingerprint density at radius 3 is 2.33 bits per heavy atom. The van der Waals surface area contributed by atoms with Gasteiger partial charge in [-0.1, -0.05) is 26.7 Å². The molecular weight excluding hydrogens is 368 g/mol. The number of ether oxygens (including phenoxy) is 1. The lowest BCUT2D eigenvalue weighted by molar-refractivity contribution is 0.0594. The summed E-state index contributed by atoms with van der Waals surface area (Å²) in [6.45, 7) is 4.50. The summed E-state index contributed by atoms with van der Waals surface area (Å²) in [5, 5.41) is 0. The normalized spacial score (nSPS) is 13.9. The summed E-state index contributed by atoms with van der Waals surface area (Å²) >= 11 is 0. The first-order chi connectivity index (χ1) is 12.6. The molecule has 0 aliphatic carbocycles. The average Bonchev–Trinajstić information content (AvgIpc) is 2.95. The number of fused-ring (bicyclic) bond motifs is 1. The minimum Gasteiger partial charge on any atom is -0.465 e. The van der Waals surface area contributed by atoms with Crippen LogP contribution in [0.25, 0.3) is 0 Å². The quantitative estimate of drug-likeness (QED) is 0.631. The molecule has 0 saturated heterocycles. The van der Waals surface area contributed by atoms with Gasteiger partial charge in [0.15, 0.2) is 0 Å². The highest BCUT2D eigenvalue weighted by molar-refractivity contribution is 7.92. The number of carbonyl (C=O) groups is 2. The van der Waals surface area contributed by atoms with Gasteiger partial charge < -0.3 is 9.64 Å². The van der Waals surface area contributed by atoms with E-state index in [4.69, 9.17) is 4.74 Å². The third kappa shape index (κ3) is 4.26. The largest absolute Gasteiger partial charge is 0.465 e. The van der Waals surface area contributed by atoms with Crippen molar-refractivity contribution in [2.75, 3.05) is 24.7 Å². The number of rotatable bonds is 8. The van der Waals surface area contributed by atoms with Crippen molar-refractivity contribution in [3.8, 4) is 0 Å². The molecule has 1 aromatic rings. The number of amides is 1. The van der Waals surface area contributed by atoms with Gasteiger partial charge in [0.1, 0.15) is 0 Å². The maximum absolute atomic E-state index is 13.1. The molecule has 0 N–H and O–H groups in total. The lowest BCUT2D eigenvalue weighted by Gasteiger charge is -2.27. The minimum absolute atomic E-state index is 0.0986. The summed E-state index contributed by atoms with van der Waals surface area (Å²) in [6, 6.07) is 3.14. The third-order valence-electron chi connectivity index (χ3n) is 5.01. The van der Waals surface area contributed by atoms with Crippen molar-refractivity contribution in [2.24, 2.45) is 0 Å². The molecule has 8 heteroatoms. The fraction of sp³-hybridized carbons (Fsp3) is 0.579. The van der Waals surface area contributed by atoms with E-state index in [1.165, 1.54) is 20.2 Å². The highest BCUT2D eigenvalue weighted by Gasteiger charge is 2.36. The molecule has 0 fully saturated rings. The van der Waals surface area contributed by atoms with Crippen LogP contribution in [0.5, 0.6) is 0 Å². The minimum atomic E-state index is -3.53. The molecule has 1 aromatic carbocycles. The van der Waals surface area contributed by atoms with E-state index in [1.807, 2.05) is 0 Å². The van der Waals surface area contributed by atoms with E-state index in [0.717, 1.165) is 36.2 Å². The topological polar surface area (TPSA) is 84.0 Å². The Bertz CT molecular complexity index is 829. The van der Waals surface area contributed by atoms with Crippen LogP contribution in [0, 0.1) is 0 Å². The number of carbonyl (C=O) groups excluding carboxylic acids is 2. The van der Waals surface area contributed by atoms with Crippen LogP contribution in [0.2, 0.25) is 0 Å². The molecule has 27 heavy (non-hydrogen) atoms. The van der Waals surface area contributed by atoms with E-state index in [2.05, 4.69) is 13.8 Å². The van der Waals surface area contributed by atoms with Crippen LogP contribution < -0.4 is 4.31 Å². The van der Waals surface area contributed by atoms with Crippen LogP contribution in [0.4, 0.5) is 5.69 Å². The SMILES string of the molecule is CCCC(CCC)N1Cc2c(C(=O)OC)cc(N(C)S(C)(=O)=O)cc2C1=O. The zero-order valence-corrected chi connectivity index (χ0v) is 17.4. The van der Waals surface area contributed by atoms with Gasteiger partial charge in [-0.2, -0.15) is 0 Å². The zero-order valence-electron chi connectivity index (χ0n) is 16.6. The van der Waals surface area contributed by atoms with Crippen molar-refractivity contribution < 1.29 is 22.7 Å². The smallest absolute Gasteiger partial charge is 0.338 e. The Morgan fingerprint density at radius 1 is 1.26 bits per heavy atom. The Morgan fingerprint density at radius 2 is 1.85 bits per heavy atom. The molecule has 7 nitrogen and oxygen atoms in total. The van der Waals surface area contributed by atoms with Crippen molar-refractivity contribution in [3.63, 3.8) is 0 Å². The number of nitrogens with zero attached hydrogens (tertiary/aromatic N) is 2. The van der Waals surface area contributed by atoms with Gasteiger partial charge in [-0.05, 0) is 30.5 Å². The lowest BCUT2D eigenvalue weighted by Crippen LogP contribution is -2.35. The molecule has 0 radical (unpaired) electrons. The van der Waals surface area contributed by atoms with Crippen LogP contribution in [0.15, 0.2) is 12.1 Å². The van der Waals surface area contributed by atoms with Crippen molar-refractivity contribution in [3.05, 3.63) is 28.8 Å². The van der Waals surface area contributed by atoms with Crippen molar-refractivity contribution in [2.45, 2.75) is 52.1 Å². The summed E-state index contributed by atoms with van der Waals surface area (Å²) in [7, 11) is -0.865. The van der Waals surface area contributed by atoms with Crippen LogP contribution in [0.3, 0.4) is 0 Å². The second kappa shape index (κ2) is 8.29. The molecule has 0 saturated carbocycles. The first kappa shape index (κ1) is 21.2. The highest BCUT2D eigenvalue weighted by atomic mass is 32.2.